The van der Waals surface area contributed by atoms with Crippen LogP contribution in [-0.4, -0.2) is 33.9 Å². The minimum atomic E-state index is -0.262. The molecule has 1 aromatic carbocycles. The average molecular weight is 321 g/mol. The van der Waals surface area contributed by atoms with Gasteiger partial charge >= 0.3 is 0 Å². The molecular weight excluding hydrogens is 302 g/mol. The van der Waals surface area contributed by atoms with Crippen LogP contribution in [0.15, 0.2) is 42.6 Å². The van der Waals surface area contributed by atoms with Crippen molar-refractivity contribution < 1.29 is 4.79 Å². The van der Waals surface area contributed by atoms with Crippen molar-refractivity contribution in [2.24, 2.45) is 11.7 Å². The second kappa shape index (κ2) is 5.63. The molecule has 1 fully saturated rings. The normalized spacial score (nSPS) is 20.6. The molecule has 1 amide bonds. The summed E-state index contributed by atoms with van der Waals surface area (Å²) in [4.78, 5) is 26.3. The topological polar surface area (TPSA) is 87.9 Å². The van der Waals surface area contributed by atoms with Crippen LogP contribution in [0.4, 0.5) is 5.82 Å². The molecule has 2 aromatic heterocycles. The number of nitrogens with zero attached hydrogens (tertiary/aromatic N) is 3. The highest BCUT2D eigenvalue weighted by atomic mass is 16.1. The Morgan fingerprint density at radius 1 is 1.21 bits per heavy atom. The van der Waals surface area contributed by atoms with Crippen LogP contribution in [0, 0.1) is 12.8 Å². The van der Waals surface area contributed by atoms with Crippen molar-refractivity contribution in [2.75, 3.05) is 18.0 Å². The van der Waals surface area contributed by atoms with Gasteiger partial charge in [-0.1, -0.05) is 30.3 Å². The number of hydrogen-bond acceptors (Lipinski definition) is 4. The molecule has 6 heteroatoms. The van der Waals surface area contributed by atoms with Gasteiger partial charge in [-0.05, 0) is 18.6 Å². The quantitative estimate of drug-likeness (QED) is 0.772. The lowest BCUT2D eigenvalue weighted by molar-refractivity contribution is -0.121. The second-order valence-corrected chi connectivity index (χ2v) is 6.27. The van der Waals surface area contributed by atoms with Crippen LogP contribution in [0.1, 0.15) is 17.3 Å². The van der Waals surface area contributed by atoms with E-state index >= 15 is 0 Å². The van der Waals surface area contributed by atoms with Gasteiger partial charge in [-0.2, -0.15) is 0 Å². The highest BCUT2D eigenvalue weighted by Crippen LogP contribution is 2.36. The summed E-state index contributed by atoms with van der Waals surface area (Å²) < 4.78 is 0. The fourth-order valence-corrected chi connectivity index (χ4v) is 3.58. The monoisotopic (exact) mass is 321 g/mol. The Labute approximate surface area is 139 Å². The number of carbonyl (C=O) groups excluding carboxylic acids is 1. The van der Waals surface area contributed by atoms with E-state index in [0.29, 0.717) is 18.9 Å². The number of nitrogens with two attached hydrogens (primary N) is 1. The summed E-state index contributed by atoms with van der Waals surface area (Å²) in [5.74, 6) is 1.16. The molecule has 24 heavy (non-hydrogen) atoms. The first kappa shape index (κ1) is 14.7. The summed E-state index contributed by atoms with van der Waals surface area (Å²) in [6, 6.07) is 12.1. The van der Waals surface area contributed by atoms with Crippen molar-refractivity contribution in [3.63, 3.8) is 0 Å². The standard InChI is InChI=1S/C18H19N5O/c1-11-21-17-13(7-8-20-17)18(22-11)23-9-14(15(10-23)16(19)24)12-5-3-2-4-6-12/h2-8,14-15H,9-10H2,1H3,(H2,19,24)(H,20,21,22)/t14-,15+/m1/s1. The summed E-state index contributed by atoms with van der Waals surface area (Å²) in [6.45, 7) is 3.17. The van der Waals surface area contributed by atoms with Crippen molar-refractivity contribution in [3.8, 4) is 0 Å². The Bertz CT molecular complexity index is 889. The van der Waals surface area contributed by atoms with Gasteiger partial charge in [-0.25, -0.2) is 9.97 Å². The van der Waals surface area contributed by atoms with Crippen LogP contribution in [0.2, 0.25) is 0 Å². The van der Waals surface area contributed by atoms with Crippen molar-refractivity contribution in [2.45, 2.75) is 12.8 Å². The van der Waals surface area contributed by atoms with Gasteiger partial charge in [0.15, 0.2) is 0 Å². The molecule has 1 saturated heterocycles. The Morgan fingerprint density at radius 3 is 2.75 bits per heavy atom. The smallest absolute Gasteiger partial charge is 0.223 e. The number of H-pyrrole nitrogens is 1. The summed E-state index contributed by atoms with van der Waals surface area (Å²) in [7, 11) is 0. The van der Waals surface area contributed by atoms with Crippen molar-refractivity contribution in [3.05, 3.63) is 54.0 Å². The van der Waals surface area contributed by atoms with Crippen molar-refractivity contribution in [1.82, 2.24) is 15.0 Å². The van der Waals surface area contributed by atoms with E-state index in [1.165, 1.54) is 0 Å². The Morgan fingerprint density at radius 2 is 2.00 bits per heavy atom. The fourth-order valence-electron chi connectivity index (χ4n) is 3.58. The zero-order valence-electron chi connectivity index (χ0n) is 13.4. The van der Waals surface area contributed by atoms with Gasteiger partial charge in [0.2, 0.25) is 5.91 Å². The third kappa shape index (κ3) is 2.40. The molecule has 0 aliphatic carbocycles. The summed E-state index contributed by atoms with van der Waals surface area (Å²) in [5.41, 5.74) is 7.64. The van der Waals surface area contributed by atoms with Gasteiger partial charge in [0, 0.05) is 25.2 Å². The molecule has 6 nitrogen and oxygen atoms in total. The highest BCUT2D eigenvalue weighted by Gasteiger charge is 2.38. The third-order valence-electron chi connectivity index (χ3n) is 4.72. The van der Waals surface area contributed by atoms with Crippen LogP contribution in [0.25, 0.3) is 11.0 Å². The van der Waals surface area contributed by atoms with E-state index in [0.717, 1.165) is 22.4 Å². The summed E-state index contributed by atoms with van der Waals surface area (Å²) in [6.07, 6.45) is 1.86. The predicted molar refractivity (Wildman–Crippen MR) is 92.7 cm³/mol. The number of aryl methyl sites for hydroxylation is 1. The first-order chi connectivity index (χ1) is 11.6. The van der Waals surface area contributed by atoms with E-state index in [1.807, 2.05) is 37.4 Å². The molecule has 4 rings (SSSR count). The first-order valence-electron chi connectivity index (χ1n) is 8.04. The maximum atomic E-state index is 12.0. The van der Waals surface area contributed by atoms with E-state index in [-0.39, 0.29) is 17.7 Å². The molecular formula is C18H19N5O. The number of hydrogen-bond donors (Lipinski definition) is 2. The lowest BCUT2D eigenvalue weighted by atomic mass is 9.89. The third-order valence-corrected chi connectivity index (χ3v) is 4.72. The Hall–Kier alpha value is -2.89. The van der Waals surface area contributed by atoms with E-state index in [1.54, 1.807) is 0 Å². The Kier molecular flexibility index (Phi) is 3.45. The minimum Gasteiger partial charge on any atom is -0.369 e. The molecule has 122 valence electrons. The number of rotatable bonds is 3. The number of anilines is 1. The van der Waals surface area contributed by atoms with E-state index in [4.69, 9.17) is 5.73 Å². The highest BCUT2D eigenvalue weighted by molar-refractivity contribution is 5.88. The molecule has 1 aliphatic heterocycles. The number of nitrogens with one attached hydrogen (secondary N) is 1. The van der Waals surface area contributed by atoms with Crippen LogP contribution >= 0.6 is 0 Å². The van der Waals surface area contributed by atoms with Gasteiger partial charge < -0.3 is 15.6 Å². The average Bonchev–Trinajstić information content (AvgIpc) is 3.21. The zero-order chi connectivity index (χ0) is 16.7. The molecule has 0 bridgehead atoms. The van der Waals surface area contributed by atoms with Gasteiger partial charge in [0.05, 0.1) is 11.3 Å². The summed E-state index contributed by atoms with van der Waals surface area (Å²) in [5, 5.41) is 0.970. The number of primary amides is 1. The Balaban J connectivity index is 1.75. The maximum absolute atomic E-state index is 12.0. The van der Waals surface area contributed by atoms with Crippen LogP contribution in [0.3, 0.4) is 0 Å². The fraction of sp³-hybridized carbons (Fsp3) is 0.278. The summed E-state index contributed by atoms with van der Waals surface area (Å²) >= 11 is 0. The second-order valence-electron chi connectivity index (χ2n) is 6.27. The van der Waals surface area contributed by atoms with Crippen LogP contribution in [0.5, 0.6) is 0 Å². The minimum absolute atomic E-state index is 0.0768. The van der Waals surface area contributed by atoms with Crippen molar-refractivity contribution >= 4 is 22.8 Å². The van der Waals surface area contributed by atoms with Gasteiger partial charge in [0.25, 0.3) is 0 Å². The van der Waals surface area contributed by atoms with Crippen LogP contribution < -0.4 is 10.6 Å². The molecule has 3 heterocycles. The van der Waals surface area contributed by atoms with E-state index < -0.39 is 0 Å². The van der Waals surface area contributed by atoms with Gasteiger partial charge in [-0.3, -0.25) is 4.79 Å². The molecule has 3 aromatic rings. The maximum Gasteiger partial charge on any atom is 0.223 e. The molecule has 0 spiro atoms. The van der Waals surface area contributed by atoms with E-state index in [2.05, 4.69) is 32.0 Å². The van der Waals surface area contributed by atoms with Crippen molar-refractivity contribution in [1.29, 1.82) is 0 Å². The van der Waals surface area contributed by atoms with Gasteiger partial charge in [0.1, 0.15) is 17.3 Å². The first-order valence-corrected chi connectivity index (χ1v) is 8.04. The number of aromatic amines is 1. The number of amides is 1. The number of fused-ring (bicyclic) bond motifs is 1. The SMILES string of the molecule is Cc1nc(N2C[C@H](C(N)=O)[C@@H](c3ccccc3)C2)c2cc[nH]c2n1. The van der Waals surface area contributed by atoms with Gasteiger partial charge in [-0.15, -0.1) is 0 Å². The lowest BCUT2D eigenvalue weighted by Gasteiger charge is -2.18. The molecule has 0 radical (unpaired) electrons. The largest absolute Gasteiger partial charge is 0.369 e. The number of aromatic nitrogens is 3. The molecule has 1 aliphatic rings. The lowest BCUT2D eigenvalue weighted by Crippen LogP contribution is -2.29. The van der Waals surface area contributed by atoms with Crippen LogP contribution in [-0.2, 0) is 4.79 Å². The molecule has 0 unspecified atom stereocenters. The molecule has 0 saturated carbocycles. The molecule has 3 N–H and O–H groups in total. The molecule has 2 atom stereocenters. The zero-order valence-corrected chi connectivity index (χ0v) is 13.4. The number of benzene rings is 1. The predicted octanol–water partition coefficient (Wildman–Crippen LogP) is 1.97. The van der Waals surface area contributed by atoms with E-state index in [9.17, 15) is 4.79 Å². The number of carbonyl (C=O) groups is 1.